The van der Waals surface area contributed by atoms with Gasteiger partial charge < -0.3 is 9.42 Å². The molecule has 0 saturated carbocycles. The van der Waals surface area contributed by atoms with Gasteiger partial charge in [0.2, 0.25) is 11.7 Å². The summed E-state index contributed by atoms with van der Waals surface area (Å²) < 4.78 is 5.31. The van der Waals surface area contributed by atoms with Gasteiger partial charge in [-0.3, -0.25) is 9.78 Å². The van der Waals surface area contributed by atoms with E-state index >= 15 is 0 Å². The quantitative estimate of drug-likeness (QED) is 0.734. The van der Waals surface area contributed by atoms with E-state index in [1.165, 1.54) is 0 Å². The lowest BCUT2D eigenvalue weighted by Gasteiger charge is -2.37. The first-order valence-corrected chi connectivity index (χ1v) is 7.67. The van der Waals surface area contributed by atoms with Gasteiger partial charge in [-0.05, 0) is 18.6 Å². The van der Waals surface area contributed by atoms with Crippen molar-refractivity contribution >= 4 is 5.91 Å². The summed E-state index contributed by atoms with van der Waals surface area (Å²) >= 11 is 0. The van der Waals surface area contributed by atoms with E-state index in [4.69, 9.17) is 4.52 Å². The third-order valence-corrected chi connectivity index (χ3v) is 4.13. The normalized spacial score (nSPS) is 14.5. The molecule has 0 unspecified atom stereocenters. The van der Waals surface area contributed by atoms with Gasteiger partial charge in [0.1, 0.15) is 5.69 Å². The van der Waals surface area contributed by atoms with Crippen molar-refractivity contribution in [2.45, 2.75) is 12.8 Å². The molecule has 3 aromatic rings. The fourth-order valence-electron chi connectivity index (χ4n) is 2.70. The summed E-state index contributed by atoms with van der Waals surface area (Å²) in [7, 11) is 0. The lowest BCUT2D eigenvalue weighted by Crippen LogP contribution is -2.48. The molecular formula is C17H15N5O2. The number of aryl methyl sites for hydroxylation is 1. The molecule has 1 amide bonds. The topological polar surface area (TPSA) is 85.0 Å². The largest absolute Gasteiger partial charge is 0.338 e. The van der Waals surface area contributed by atoms with Crippen LogP contribution in [-0.4, -0.2) is 44.0 Å². The third-order valence-electron chi connectivity index (χ3n) is 4.13. The zero-order chi connectivity index (χ0) is 16.5. The molecule has 0 N–H and O–H groups in total. The molecule has 3 heterocycles. The van der Waals surface area contributed by atoms with Crippen LogP contribution in [0.15, 0.2) is 47.4 Å². The van der Waals surface area contributed by atoms with Crippen LogP contribution in [-0.2, 0) is 0 Å². The zero-order valence-corrected chi connectivity index (χ0v) is 13.1. The number of hydrogen-bond donors (Lipinski definition) is 0. The minimum Gasteiger partial charge on any atom is -0.338 e. The first kappa shape index (κ1) is 14.5. The number of amides is 1. The van der Waals surface area contributed by atoms with Gasteiger partial charge in [-0.1, -0.05) is 23.4 Å². The van der Waals surface area contributed by atoms with Gasteiger partial charge in [0.25, 0.3) is 5.91 Å². The van der Waals surface area contributed by atoms with Gasteiger partial charge in [-0.25, -0.2) is 4.98 Å². The number of nitrogens with zero attached hydrogens (tertiary/aromatic N) is 5. The van der Waals surface area contributed by atoms with Crippen LogP contribution in [0.25, 0.3) is 11.5 Å². The third kappa shape index (κ3) is 2.54. The van der Waals surface area contributed by atoms with Gasteiger partial charge >= 0.3 is 0 Å². The van der Waals surface area contributed by atoms with Crippen LogP contribution in [0.4, 0.5) is 0 Å². The van der Waals surface area contributed by atoms with Crippen molar-refractivity contribution in [1.82, 2.24) is 25.0 Å². The van der Waals surface area contributed by atoms with Gasteiger partial charge in [-0.15, -0.1) is 0 Å². The molecule has 120 valence electrons. The molecule has 1 fully saturated rings. The molecule has 0 aliphatic carbocycles. The minimum atomic E-state index is 0.0398. The Morgan fingerprint density at radius 1 is 1.25 bits per heavy atom. The van der Waals surface area contributed by atoms with Crippen molar-refractivity contribution in [3.8, 4) is 11.5 Å². The highest BCUT2D eigenvalue weighted by atomic mass is 16.5. The number of carbonyl (C=O) groups excluding carboxylic acids is 1. The fourth-order valence-corrected chi connectivity index (χ4v) is 2.70. The number of aromatic nitrogens is 4. The predicted molar refractivity (Wildman–Crippen MR) is 85.1 cm³/mol. The molecular weight excluding hydrogens is 306 g/mol. The molecule has 1 saturated heterocycles. The molecule has 1 aromatic carbocycles. The second kappa shape index (κ2) is 5.84. The number of hydrogen-bond acceptors (Lipinski definition) is 6. The van der Waals surface area contributed by atoms with Crippen molar-refractivity contribution in [3.05, 3.63) is 59.9 Å². The van der Waals surface area contributed by atoms with Crippen molar-refractivity contribution in [2.24, 2.45) is 0 Å². The zero-order valence-electron chi connectivity index (χ0n) is 13.1. The molecule has 1 aliphatic rings. The average molecular weight is 321 g/mol. The second-order valence-corrected chi connectivity index (χ2v) is 5.77. The Balaban J connectivity index is 1.44. The van der Waals surface area contributed by atoms with E-state index in [0.29, 0.717) is 30.5 Å². The van der Waals surface area contributed by atoms with Crippen LogP contribution in [0.3, 0.4) is 0 Å². The lowest BCUT2D eigenvalue weighted by atomic mass is 9.97. The standard InChI is InChI=1S/C17H15N5O2/c1-11-4-2-3-5-13(11)17(23)22-9-12(10-22)16-20-15(21-24-16)14-8-18-6-7-19-14/h2-8,12H,9-10H2,1H3. The SMILES string of the molecule is Cc1ccccc1C(=O)N1CC(c2nc(-c3cnccn3)no2)C1. The Morgan fingerprint density at radius 2 is 2.08 bits per heavy atom. The minimum absolute atomic E-state index is 0.0398. The van der Waals surface area contributed by atoms with Gasteiger partial charge in [-0.2, -0.15) is 4.98 Å². The average Bonchev–Trinajstić information content (AvgIpc) is 3.04. The summed E-state index contributed by atoms with van der Waals surface area (Å²) in [4.78, 5) is 26.8. The summed E-state index contributed by atoms with van der Waals surface area (Å²) in [5, 5.41) is 3.94. The smallest absolute Gasteiger partial charge is 0.254 e. The Bertz CT molecular complexity index is 871. The molecule has 7 heteroatoms. The van der Waals surface area contributed by atoms with Crippen LogP contribution >= 0.6 is 0 Å². The summed E-state index contributed by atoms with van der Waals surface area (Å²) in [6.45, 7) is 3.10. The van der Waals surface area contributed by atoms with E-state index in [0.717, 1.165) is 11.1 Å². The Hall–Kier alpha value is -3.09. The van der Waals surface area contributed by atoms with E-state index in [1.807, 2.05) is 31.2 Å². The molecule has 0 bridgehead atoms. The highest BCUT2D eigenvalue weighted by Crippen LogP contribution is 2.28. The maximum Gasteiger partial charge on any atom is 0.254 e. The molecule has 0 spiro atoms. The van der Waals surface area contributed by atoms with Gasteiger partial charge in [0, 0.05) is 31.0 Å². The van der Waals surface area contributed by atoms with E-state index in [1.54, 1.807) is 23.5 Å². The summed E-state index contributed by atoms with van der Waals surface area (Å²) in [6.07, 6.45) is 4.76. The summed E-state index contributed by atoms with van der Waals surface area (Å²) in [6, 6.07) is 7.60. The van der Waals surface area contributed by atoms with E-state index in [2.05, 4.69) is 20.1 Å². The van der Waals surface area contributed by atoms with Crippen LogP contribution in [0.5, 0.6) is 0 Å². The van der Waals surface area contributed by atoms with Crippen molar-refractivity contribution in [1.29, 1.82) is 0 Å². The predicted octanol–water partition coefficient (Wildman–Crippen LogP) is 2.07. The number of rotatable bonds is 3. The molecule has 1 aliphatic heterocycles. The molecule has 2 aromatic heterocycles. The van der Waals surface area contributed by atoms with E-state index in [-0.39, 0.29) is 11.8 Å². The van der Waals surface area contributed by atoms with Crippen LogP contribution in [0, 0.1) is 6.92 Å². The van der Waals surface area contributed by atoms with Crippen LogP contribution in [0.1, 0.15) is 27.7 Å². The van der Waals surface area contributed by atoms with E-state index in [9.17, 15) is 4.79 Å². The van der Waals surface area contributed by atoms with Crippen molar-refractivity contribution in [3.63, 3.8) is 0 Å². The molecule has 4 rings (SSSR count). The Morgan fingerprint density at radius 3 is 2.83 bits per heavy atom. The van der Waals surface area contributed by atoms with Crippen molar-refractivity contribution < 1.29 is 9.32 Å². The molecule has 24 heavy (non-hydrogen) atoms. The molecule has 0 radical (unpaired) electrons. The summed E-state index contributed by atoms with van der Waals surface area (Å²) in [5.41, 5.74) is 2.29. The number of benzene rings is 1. The number of carbonyl (C=O) groups is 1. The fraction of sp³-hybridized carbons (Fsp3) is 0.235. The van der Waals surface area contributed by atoms with E-state index < -0.39 is 0 Å². The first-order chi connectivity index (χ1) is 11.7. The van der Waals surface area contributed by atoms with Crippen LogP contribution in [0.2, 0.25) is 0 Å². The summed E-state index contributed by atoms with van der Waals surface area (Å²) in [5.74, 6) is 1.06. The van der Waals surface area contributed by atoms with Gasteiger partial charge in [0.15, 0.2) is 0 Å². The highest BCUT2D eigenvalue weighted by Gasteiger charge is 2.36. The Labute approximate surface area is 138 Å². The number of likely N-dealkylation sites (tertiary alicyclic amines) is 1. The maximum absolute atomic E-state index is 12.5. The second-order valence-electron chi connectivity index (χ2n) is 5.77. The van der Waals surface area contributed by atoms with Gasteiger partial charge in [0.05, 0.1) is 12.1 Å². The Kier molecular flexibility index (Phi) is 3.53. The van der Waals surface area contributed by atoms with Crippen molar-refractivity contribution in [2.75, 3.05) is 13.1 Å². The maximum atomic E-state index is 12.5. The monoisotopic (exact) mass is 321 g/mol. The van der Waals surface area contributed by atoms with Crippen LogP contribution < -0.4 is 0 Å². The first-order valence-electron chi connectivity index (χ1n) is 7.67. The lowest BCUT2D eigenvalue weighted by molar-refractivity contribution is 0.0568. The molecule has 7 nitrogen and oxygen atoms in total. The highest BCUT2D eigenvalue weighted by molar-refractivity contribution is 5.96. The molecule has 0 atom stereocenters.